The lowest BCUT2D eigenvalue weighted by atomic mass is 10.2. The van der Waals surface area contributed by atoms with Gasteiger partial charge in [-0.2, -0.15) is 0 Å². The molecule has 1 aromatic rings. The van der Waals surface area contributed by atoms with Crippen molar-refractivity contribution in [3.63, 3.8) is 0 Å². The van der Waals surface area contributed by atoms with Crippen LogP contribution in [0.3, 0.4) is 0 Å². The van der Waals surface area contributed by atoms with E-state index < -0.39 is 25.9 Å². The fourth-order valence-electron chi connectivity index (χ4n) is 2.23. The van der Waals surface area contributed by atoms with Crippen LogP contribution in [0.1, 0.15) is 18.4 Å². The molecule has 118 valence electrons. The van der Waals surface area contributed by atoms with Gasteiger partial charge in [-0.05, 0) is 30.5 Å². The molecule has 1 saturated heterocycles. The van der Waals surface area contributed by atoms with E-state index in [1.165, 1.54) is 18.2 Å². The van der Waals surface area contributed by atoms with Gasteiger partial charge in [-0.25, -0.2) is 21.6 Å². The summed E-state index contributed by atoms with van der Waals surface area (Å²) >= 11 is 5.88. The molecule has 0 radical (unpaired) electrons. The highest BCUT2D eigenvalue weighted by atomic mass is 35.5. The van der Waals surface area contributed by atoms with Gasteiger partial charge in [0.2, 0.25) is 10.0 Å². The van der Waals surface area contributed by atoms with Crippen LogP contribution in [0.15, 0.2) is 23.1 Å². The smallest absolute Gasteiger partial charge is 0.240 e. The van der Waals surface area contributed by atoms with Crippen molar-refractivity contribution in [1.82, 2.24) is 4.72 Å². The maximum absolute atomic E-state index is 12.2. The predicted molar refractivity (Wildman–Crippen MR) is 79.4 cm³/mol. The highest BCUT2D eigenvalue weighted by Crippen LogP contribution is 2.22. The molecule has 0 saturated carbocycles. The summed E-state index contributed by atoms with van der Waals surface area (Å²) < 4.78 is 50.0. The Morgan fingerprint density at radius 2 is 2.10 bits per heavy atom. The fraction of sp³-hybridized carbons (Fsp3) is 0.500. The highest BCUT2D eigenvalue weighted by molar-refractivity contribution is 7.91. The Morgan fingerprint density at radius 3 is 2.67 bits per heavy atom. The monoisotopic (exact) mass is 353 g/mol. The third-order valence-electron chi connectivity index (χ3n) is 3.29. The van der Waals surface area contributed by atoms with Gasteiger partial charge >= 0.3 is 0 Å². The summed E-state index contributed by atoms with van der Waals surface area (Å²) in [5.41, 5.74) is 0.427. The van der Waals surface area contributed by atoms with E-state index in [-0.39, 0.29) is 28.0 Å². The Morgan fingerprint density at radius 1 is 1.38 bits per heavy atom. The molecule has 1 heterocycles. The number of sulfonamides is 1. The van der Waals surface area contributed by atoms with E-state index in [9.17, 15) is 16.8 Å². The van der Waals surface area contributed by atoms with Crippen molar-refractivity contribution in [1.29, 1.82) is 0 Å². The van der Waals surface area contributed by atoms with Gasteiger partial charge < -0.3 is 5.11 Å². The Hall–Kier alpha value is -0.670. The average Bonchev–Trinajstić information content (AvgIpc) is 2.36. The summed E-state index contributed by atoms with van der Waals surface area (Å²) in [5, 5.41) is 9.16. The van der Waals surface area contributed by atoms with E-state index in [1.54, 1.807) is 0 Å². The Labute approximate surface area is 129 Å². The summed E-state index contributed by atoms with van der Waals surface area (Å²) in [4.78, 5) is -0.0485. The van der Waals surface area contributed by atoms with Gasteiger partial charge in [-0.1, -0.05) is 17.7 Å². The molecule has 2 N–H and O–H groups in total. The van der Waals surface area contributed by atoms with E-state index in [1.807, 2.05) is 0 Å². The summed E-state index contributed by atoms with van der Waals surface area (Å²) in [6.07, 6.45) is 0.931. The third kappa shape index (κ3) is 4.17. The third-order valence-corrected chi connectivity index (χ3v) is 6.98. The number of rotatable bonds is 4. The molecule has 1 aliphatic heterocycles. The zero-order valence-corrected chi connectivity index (χ0v) is 13.5. The molecule has 1 unspecified atom stereocenters. The lowest BCUT2D eigenvalue weighted by molar-refractivity contribution is 0.282. The normalized spacial score (nSPS) is 22.1. The molecule has 1 aromatic carbocycles. The fourth-order valence-corrected chi connectivity index (χ4v) is 5.57. The molecule has 21 heavy (non-hydrogen) atoms. The van der Waals surface area contributed by atoms with E-state index in [0.717, 1.165) is 0 Å². The van der Waals surface area contributed by atoms with Crippen LogP contribution in [0, 0.1) is 0 Å². The second-order valence-electron chi connectivity index (χ2n) is 4.99. The maximum atomic E-state index is 12.2. The van der Waals surface area contributed by atoms with E-state index in [0.29, 0.717) is 18.4 Å². The molecule has 0 aliphatic carbocycles. The number of aliphatic hydroxyl groups is 1. The molecule has 0 spiro atoms. The number of sulfone groups is 1. The van der Waals surface area contributed by atoms with Crippen LogP contribution in [-0.4, -0.2) is 39.5 Å². The van der Waals surface area contributed by atoms with Gasteiger partial charge in [0, 0.05) is 11.1 Å². The standard InChI is InChI=1S/C12H16ClNO5S2/c13-12-6-11(4-3-9(12)7-15)21(18,19)14-10-2-1-5-20(16,17)8-10/h3-4,6,10,14-15H,1-2,5,7-8H2. The minimum absolute atomic E-state index is 0.0485. The summed E-state index contributed by atoms with van der Waals surface area (Å²) in [7, 11) is -7.03. The van der Waals surface area contributed by atoms with Crippen LogP contribution in [0.2, 0.25) is 5.02 Å². The molecule has 1 aliphatic rings. The number of benzene rings is 1. The molecule has 0 amide bonds. The van der Waals surface area contributed by atoms with Crippen molar-refractivity contribution in [3.05, 3.63) is 28.8 Å². The van der Waals surface area contributed by atoms with E-state index in [4.69, 9.17) is 16.7 Å². The van der Waals surface area contributed by atoms with Crippen molar-refractivity contribution in [3.8, 4) is 0 Å². The number of hydrogen-bond acceptors (Lipinski definition) is 5. The first-order chi connectivity index (χ1) is 9.73. The van der Waals surface area contributed by atoms with Crippen LogP contribution >= 0.6 is 11.6 Å². The Balaban J connectivity index is 2.20. The SMILES string of the molecule is O=S1(=O)CCCC(NS(=O)(=O)c2ccc(CO)c(Cl)c2)C1. The lowest BCUT2D eigenvalue weighted by Gasteiger charge is -2.23. The molecule has 0 aromatic heterocycles. The molecule has 2 rings (SSSR count). The van der Waals surface area contributed by atoms with Crippen LogP contribution in [0.5, 0.6) is 0 Å². The number of aliphatic hydroxyl groups excluding tert-OH is 1. The highest BCUT2D eigenvalue weighted by Gasteiger charge is 2.28. The first-order valence-corrected chi connectivity index (χ1v) is 10.0. The van der Waals surface area contributed by atoms with Gasteiger partial charge in [0.1, 0.15) is 0 Å². The van der Waals surface area contributed by atoms with Crippen molar-refractivity contribution in [2.75, 3.05) is 11.5 Å². The van der Waals surface area contributed by atoms with Gasteiger partial charge in [0.25, 0.3) is 0 Å². The summed E-state index contributed by atoms with van der Waals surface area (Å²) in [6, 6.07) is 3.38. The Bertz CT molecular complexity index is 730. The van der Waals surface area contributed by atoms with Crippen molar-refractivity contribution < 1.29 is 21.9 Å². The second-order valence-corrected chi connectivity index (χ2v) is 9.34. The molecule has 9 heteroatoms. The lowest BCUT2D eigenvalue weighted by Crippen LogP contribution is -2.43. The van der Waals surface area contributed by atoms with Crippen molar-refractivity contribution >= 4 is 31.5 Å². The number of halogens is 1. The van der Waals surface area contributed by atoms with Crippen molar-refractivity contribution in [2.24, 2.45) is 0 Å². The second kappa shape index (κ2) is 6.21. The van der Waals surface area contributed by atoms with Crippen molar-refractivity contribution in [2.45, 2.75) is 30.4 Å². The minimum atomic E-state index is -3.84. The molecule has 1 fully saturated rings. The van der Waals surface area contributed by atoms with E-state index in [2.05, 4.69) is 4.72 Å². The van der Waals surface area contributed by atoms with Gasteiger partial charge in [0.05, 0.1) is 23.0 Å². The first-order valence-electron chi connectivity index (χ1n) is 6.35. The topological polar surface area (TPSA) is 101 Å². The zero-order chi connectivity index (χ0) is 15.7. The molecule has 1 atom stereocenters. The van der Waals surface area contributed by atoms with E-state index >= 15 is 0 Å². The average molecular weight is 354 g/mol. The number of nitrogens with one attached hydrogen (secondary N) is 1. The Kier molecular flexibility index (Phi) is 4.94. The molecule has 6 nitrogen and oxygen atoms in total. The zero-order valence-electron chi connectivity index (χ0n) is 11.1. The van der Waals surface area contributed by atoms with Gasteiger partial charge in [-0.15, -0.1) is 0 Å². The van der Waals surface area contributed by atoms with Gasteiger partial charge in [-0.3, -0.25) is 0 Å². The largest absolute Gasteiger partial charge is 0.392 e. The van der Waals surface area contributed by atoms with Crippen LogP contribution in [0.25, 0.3) is 0 Å². The number of hydrogen-bond donors (Lipinski definition) is 2. The minimum Gasteiger partial charge on any atom is -0.392 e. The summed E-state index contributed by atoms with van der Waals surface area (Å²) in [5.74, 6) is -0.0864. The summed E-state index contributed by atoms with van der Waals surface area (Å²) in [6.45, 7) is -0.284. The predicted octanol–water partition coefficient (Wildman–Crippen LogP) is 0.688. The molecular weight excluding hydrogens is 338 g/mol. The molecular formula is C12H16ClNO5S2. The van der Waals surface area contributed by atoms with Gasteiger partial charge in [0.15, 0.2) is 9.84 Å². The maximum Gasteiger partial charge on any atom is 0.240 e. The first kappa shape index (κ1) is 16.7. The van der Waals surface area contributed by atoms with Crippen LogP contribution in [-0.2, 0) is 26.5 Å². The quantitative estimate of drug-likeness (QED) is 0.829. The molecule has 0 bridgehead atoms. The van der Waals surface area contributed by atoms with Crippen LogP contribution in [0.4, 0.5) is 0 Å². The van der Waals surface area contributed by atoms with Crippen LogP contribution < -0.4 is 4.72 Å².